The SMILES string of the molecule is Cc1nc2cc(OC[C@H](O)CN3CCN(C(=O)O)C(C(C)(C)C)[C@@H]3C)ccc2s1. The van der Waals surface area contributed by atoms with E-state index in [1.54, 1.807) is 11.3 Å². The number of fused-ring (bicyclic) bond motifs is 1. The molecule has 1 aliphatic heterocycles. The Morgan fingerprint density at radius 2 is 2.10 bits per heavy atom. The summed E-state index contributed by atoms with van der Waals surface area (Å²) in [5.74, 6) is 0.693. The van der Waals surface area contributed by atoms with E-state index in [9.17, 15) is 15.0 Å². The Morgan fingerprint density at radius 1 is 1.38 bits per heavy atom. The van der Waals surface area contributed by atoms with Crippen molar-refractivity contribution in [3.63, 3.8) is 0 Å². The number of hydrogen-bond donors (Lipinski definition) is 2. The van der Waals surface area contributed by atoms with Gasteiger partial charge in [0.15, 0.2) is 0 Å². The molecule has 160 valence electrons. The number of amides is 1. The number of carboxylic acid groups (broad SMARTS) is 1. The van der Waals surface area contributed by atoms with Crippen molar-refractivity contribution in [1.29, 1.82) is 0 Å². The first-order valence-electron chi connectivity index (χ1n) is 9.98. The van der Waals surface area contributed by atoms with Crippen LogP contribution >= 0.6 is 11.3 Å². The Balaban J connectivity index is 1.60. The molecule has 2 N–H and O–H groups in total. The summed E-state index contributed by atoms with van der Waals surface area (Å²) in [6.45, 7) is 11.9. The van der Waals surface area contributed by atoms with Gasteiger partial charge in [-0.3, -0.25) is 4.90 Å². The molecular formula is C21H31N3O4S. The average molecular weight is 422 g/mol. The van der Waals surface area contributed by atoms with Crippen LogP contribution in [0.15, 0.2) is 18.2 Å². The molecule has 1 aromatic carbocycles. The highest BCUT2D eigenvalue weighted by atomic mass is 32.1. The molecule has 3 atom stereocenters. The molecule has 0 spiro atoms. The largest absolute Gasteiger partial charge is 0.491 e. The first-order chi connectivity index (χ1) is 13.6. The monoisotopic (exact) mass is 421 g/mol. The summed E-state index contributed by atoms with van der Waals surface area (Å²) < 4.78 is 6.92. The molecule has 0 saturated carbocycles. The molecule has 0 aliphatic carbocycles. The van der Waals surface area contributed by atoms with E-state index in [1.165, 1.54) is 4.90 Å². The quantitative estimate of drug-likeness (QED) is 0.769. The van der Waals surface area contributed by atoms with Gasteiger partial charge in [0, 0.05) is 31.7 Å². The number of carbonyl (C=O) groups is 1. The average Bonchev–Trinajstić information content (AvgIpc) is 2.99. The molecule has 2 aromatic rings. The highest BCUT2D eigenvalue weighted by molar-refractivity contribution is 7.18. The zero-order valence-electron chi connectivity index (χ0n) is 17.8. The maximum Gasteiger partial charge on any atom is 0.407 e. The molecule has 1 unspecified atom stereocenters. The summed E-state index contributed by atoms with van der Waals surface area (Å²) in [6.07, 6.45) is -1.55. The van der Waals surface area contributed by atoms with E-state index in [0.717, 1.165) is 15.2 Å². The fraction of sp³-hybridized carbons (Fsp3) is 0.619. The summed E-state index contributed by atoms with van der Waals surface area (Å²) in [6, 6.07) is 5.65. The molecule has 1 amide bonds. The van der Waals surface area contributed by atoms with Crippen LogP contribution in [0.25, 0.3) is 10.2 Å². The first-order valence-corrected chi connectivity index (χ1v) is 10.8. The second kappa shape index (κ2) is 8.45. The van der Waals surface area contributed by atoms with Crippen molar-refractivity contribution < 1.29 is 19.7 Å². The van der Waals surface area contributed by atoms with Crippen molar-refractivity contribution >= 4 is 27.6 Å². The van der Waals surface area contributed by atoms with Crippen LogP contribution in [-0.4, -0.2) is 75.5 Å². The Labute approximate surface area is 175 Å². The second-order valence-electron chi connectivity index (χ2n) is 8.85. The number of β-amino-alcohol motifs (C(OH)–C–C–N with tert-alkyl or cyclic N) is 1. The van der Waals surface area contributed by atoms with Crippen LogP contribution in [0.5, 0.6) is 5.75 Å². The Kier molecular flexibility index (Phi) is 6.36. The molecule has 1 saturated heterocycles. The van der Waals surface area contributed by atoms with E-state index in [2.05, 4.69) is 30.7 Å². The third kappa shape index (κ3) is 4.99. The number of nitrogens with zero attached hydrogens (tertiary/aromatic N) is 3. The Bertz CT molecular complexity index is 863. The Hall–Kier alpha value is -1.90. The van der Waals surface area contributed by atoms with Crippen LogP contribution in [-0.2, 0) is 0 Å². The molecule has 3 rings (SSSR count). The number of aromatic nitrogens is 1. The molecule has 1 aromatic heterocycles. The summed E-state index contributed by atoms with van der Waals surface area (Å²) >= 11 is 1.64. The number of piperazine rings is 1. The number of benzene rings is 1. The minimum absolute atomic E-state index is 0.00355. The van der Waals surface area contributed by atoms with Crippen LogP contribution in [0, 0.1) is 12.3 Å². The van der Waals surface area contributed by atoms with Gasteiger partial charge in [-0.05, 0) is 31.4 Å². The Morgan fingerprint density at radius 3 is 2.76 bits per heavy atom. The van der Waals surface area contributed by atoms with Gasteiger partial charge in [-0.25, -0.2) is 9.78 Å². The lowest BCUT2D eigenvalue weighted by atomic mass is 9.80. The third-order valence-corrected chi connectivity index (χ3v) is 6.44. The zero-order valence-corrected chi connectivity index (χ0v) is 18.6. The highest BCUT2D eigenvalue weighted by Crippen LogP contribution is 2.32. The van der Waals surface area contributed by atoms with E-state index in [1.807, 2.05) is 32.0 Å². The minimum Gasteiger partial charge on any atom is -0.491 e. The third-order valence-electron chi connectivity index (χ3n) is 5.48. The van der Waals surface area contributed by atoms with E-state index in [0.29, 0.717) is 25.4 Å². The zero-order chi connectivity index (χ0) is 21.3. The summed E-state index contributed by atoms with van der Waals surface area (Å²) in [7, 11) is 0. The van der Waals surface area contributed by atoms with Gasteiger partial charge >= 0.3 is 6.09 Å². The van der Waals surface area contributed by atoms with Crippen molar-refractivity contribution in [2.45, 2.75) is 52.8 Å². The number of thiazole rings is 1. The summed E-state index contributed by atoms with van der Waals surface area (Å²) in [4.78, 5) is 19.8. The number of hydrogen-bond acceptors (Lipinski definition) is 6. The van der Waals surface area contributed by atoms with Crippen molar-refractivity contribution in [2.24, 2.45) is 5.41 Å². The molecule has 2 heterocycles. The fourth-order valence-electron chi connectivity index (χ4n) is 4.33. The standard InChI is InChI=1S/C21H31N3O4S/c1-13-19(21(3,4)5)24(20(26)27)9-8-23(13)11-15(25)12-28-16-6-7-18-17(10-16)22-14(2)29-18/h6-7,10,13,15,19,25H,8-9,11-12H2,1-5H3,(H,26,27)/t13-,15+,19?/m0/s1. The number of rotatable bonds is 5. The number of aryl methyl sites for hydroxylation is 1. The van der Waals surface area contributed by atoms with Crippen LogP contribution in [0.1, 0.15) is 32.7 Å². The van der Waals surface area contributed by atoms with Crippen LogP contribution in [0.4, 0.5) is 4.79 Å². The maximum absolute atomic E-state index is 11.7. The van der Waals surface area contributed by atoms with Gasteiger partial charge in [-0.2, -0.15) is 0 Å². The molecule has 0 radical (unpaired) electrons. The molecule has 1 fully saturated rings. The second-order valence-corrected chi connectivity index (χ2v) is 10.1. The van der Waals surface area contributed by atoms with Crippen LogP contribution in [0.2, 0.25) is 0 Å². The van der Waals surface area contributed by atoms with Crippen molar-refractivity contribution in [2.75, 3.05) is 26.2 Å². The summed E-state index contributed by atoms with van der Waals surface area (Å²) in [5.41, 5.74) is 0.713. The lowest BCUT2D eigenvalue weighted by Gasteiger charge is -2.50. The predicted molar refractivity (Wildman–Crippen MR) is 115 cm³/mol. The molecule has 8 heteroatoms. The highest BCUT2D eigenvalue weighted by Gasteiger charge is 2.43. The minimum atomic E-state index is -0.882. The molecule has 7 nitrogen and oxygen atoms in total. The number of ether oxygens (including phenoxy) is 1. The van der Waals surface area contributed by atoms with Gasteiger partial charge in [-0.15, -0.1) is 11.3 Å². The normalized spacial score (nSPS) is 22.1. The smallest absolute Gasteiger partial charge is 0.407 e. The van der Waals surface area contributed by atoms with E-state index < -0.39 is 12.2 Å². The lowest BCUT2D eigenvalue weighted by molar-refractivity contribution is -0.0352. The maximum atomic E-state index is 11.7. The van der Waals surface area contributed by atoms with E-state index in [-0.39, 0.29) is 24.1 Å². The van der Waals surface area contributed by atoms with Crippen molar-refractivity contribution in [3.05, 3.63) is 23.2 Å². The van der Waals surface area contributed by atoms with E-state index >= 15 is 0 Å². The first kappa shape index (κ1) is 21.8. The van der Waals surface area contributed by atoms with E-state index in [4.69, 9.17) is 4.74 Å². The van der Waals surface area contributed by atoms with Gasteiger partial charge in [0.05, 0.1) is 21.3 Å². The van der Waals surface area contributed by atoms with Gasteiger partial charge in [0.25, 0.3) is 0 Å². The molecule has 0 bridgehead atoms. The molecule has 29 heavy (non-hydrogen) atoms. The topological polar surface area (TPSA) is 86.1 Å². The predicted octanol–water partition coefficient (Wildman–Crippen LogP) is 3.44. The van der Waals surface area contributed by atoms with Gasteiger partial charge in [-0.1, -0.05) is 20.8 Å². The van der Waals surface area contributed by atoms with Gasteiger partial charge in [0.1, 0.15) is 18.5 Å². The van der Waals surface area contributed by atoms with Crippen molar-refractivity contribution in [1.82, 2.24) is 14.8 Å². The number of aliphatic hydroxyl groups is 1. The van der Waals surface area contributed by atoms with Gasteiger partial charge < -0.3 is 19.8 Å². The lowest BCUT2D eigenvalue weighted by Crippen LogP contribution is -2.64. The number of aliphatic hydroxyl groups excluding tert-OH is 1. The van der Waals surface area contributed by atoms with Crippen LogP contribution in [0.3, 0.4) is 0 Å². The van der Waals surface area contributed by atoms with Crippen LogP contribution < -0.4 is 4.74 Å². The fourth-order valence-corrected chi connectivity index (χ4v) is 5.14. The summed E-state index contributed by atoms with van der Waals surface area (Å²) in [5, 5.41) is 21.1. The molecule has 1 aliphatic rings. The van der Waals surface area contributed by atoms with Gasteiger partial charge in [0.2, 0.25) is 0 Å². The van der Waals surface area contributed by atoms with Crippen molar-refractivity contribution in [3.8, 4) is 5.75 Å². The molecular weight excluding hydrogens is 390 g/mol.